The number of benzene rings is 1. The van der Waals surface area contributed by atoms with Gasteiger partial charge in [-0.25, -0.2) is 18.1 Å². The molecule has 1 unspecified atom stereocenters. The predicted molar refractivity (Wildman–Crippen MR) is 94.9 cm³/mol. The van der Waals surface area contributed by atoms with Crippen molar-refractivity contribution in [3.05, 3.63) is 46.0 Å². The molecule has 1 aromatic heterocycles. The quantitative estimate of drug-likeness (QED) is 0.863. The van der Waals surface area contributed by atoms with Crippen molar-refractivity contribution >= 4 is 33.8 Å². The van der Waals surface area contributed by atoms with Crippen LogP contribution in [0.4, 0.5) is 0 Å². The van der Waals surface area contributed by atoms with E-state index in [0.717, 1.165) is 23.5 Å². The van der Waals surface area contributed by atoms with Gasteiger partial charge < -0.3 is 5.32 Å². The highest BCUT2D eigenvalue weighted by Gasteiger charge is 2.24. The molecule has 23 heavy (non-hydrogen) atoms. The van der Waals surface area contributed by atoms with Crippen molar-refractivity contribution in [1.82, 2.24) is 15.0 Å². The largest absolute Gasteiger partial charge is 0.308 e. The van der Waals surface area contributed by atoms with Crippen molar-refractivity contribution in [2.24, 2.45) is 0 Å². The molecule has 0 radical (unpaired) electrons. The summed E-state index contributed by atoms with van der Waals surface area (Å²) in [5.41, 5.74) is 3.22. The second-order valence-corrected chi connectivity index (χ2v) is 8.57. The zero-order valence-corrected chi connectivity index (χ0v) is 15.4. The van der Waals surface area contributed by atoms with E-state index in [9.17, 15) is 8.42 Å². The minimum atomic E-state index is -3.55. The Hall–Kier alpha value is -0.990. The number of rotatable bonds is 4. The number of hydrogen-bond acceptors (Lipinski definition) is 5. The summed E-state index contributed by atoms with van der Waals surface area (Å²) in [6, 6.07) is 8.17. The van der Waals surface area contributed by atoms with Crippen LogP contribution < -0.4 is 10.0 Å². The van der Waals surface area contributed by atoms with Gasteiger partial charge in [0.15, 0.2) is 0 Å². The van der Waals surface area contributed by atoms with E-state index in [2.05, 4.69) is 27.2 Å². The van der Waals surface area contributed by atoms with E-state index in [1.807, 2.05) is 26.0 Å². The third-order valence-electron chi connectivity index (χ3n) is 3.93. The lowest BCUT2D eigenvalue weighted by molar-refractivity contribution is 0.491. The summed E-state index contributed by atoms with van der Waals surface area (Å²) in [4.78, 5) is 5.07. The lowest BCUT2D eigenvalue weighted by Crippen LogP contribution is -2.38. The van der Waals surface area contributed by atoms with Crippen LogP contribution in [0.15, 0.2) is 28.6 Å². The van der Waals surface area contributed by atoms with Gasteiger partial charge in [-0.2, -0.15) is 0 Å². The number of nitrogens with one attached hydrogen (secondary N) is 2. The molecule has 0 aliphatic carbocycles. The first-order valence-corrected chi connectivity index (χ1v) is 9.52. The molecule has 0 amide bonds. The Morgan fingerprint density at radius 2 is 2.09 bits per heavy atom. The Balaban J connectivity index is 0.00000192. The van der Waals surface area contributed by atoms with Gasteiger partial charge in [0.2, 0.25) is 4.34 Å². The Bertz CT molecular complexity index is 770. The molecule has 0 saturated heterocycles. The Labute approximate surface area is 147 Å². The van der Waals surface area contributed by atoms with Crippen molar-refractivity contribution in [1.29, 1.82) is 0 Å². The fourth-order valence-electron chi connectivity index (χ4n) is 2.59. The molecule has 1 atom stereocenters. The average Bonchev–Trinajstić information content (AvgIpc) is 2.85. The van der Waals surface area contributed by atoms with Crippen LogP contribution in [0.2, 0.25) is 0 Å². The Morgan fingerprint density at radius 1 is 1.35 bits per heavy atom. The molecule has 0 spiro atoms. The summed E-state index contributed by atoms with van der Waals surface area (Å²) in [7, 11) is -3.55. The van der Waals surface area contributed by atoms with Crippen molar-refractivity contribution < 1.29 is 8.42 Å². The molecule has 2 heterocycles. The molecule has 0 fully saturated rings. The van der Waals surface area contributed by atoms with E-state index in [4.69, 9.17) is 0 Å². The van der Waals surface area contributed by atoms with E-state index in [1.54, 1.807) is 0 Å². The normalized spacial score (nSPS) is 17.4. The Morgan fingerprint density at radius 3 is 2.78 bits per heavy atom. The second kappa shape index (κ2) is 7.27. The number of aryl methyl sites for hydroxylation is 2. The van der Waals surface area contributed by atoms with Gasteiger partial charge in [0.05, 0.1) is 5.69 Å². The highest BCUT2D eigenvalue weighted by Crippen LogP contribution is 2.24. The number of hydrogen-bond donors (Lipinski definition) is 2. The predicted octanol–water partition coefficient (Wildman–Crippen LogP) is 2.35. The van der Waals surface area contributed by atoms with Crippen molar-refractivity contribution in [2.45, 2.75) is 30.6 Å². The number of thiazole rings is 1. The minimum Gasteiger partial charge on any atom is -0.308 e. The lowest BCUT2D eigenvalue weighted by Gasteiger charge is -2.26. The fraction of sp³-hybridized carbons (Fsp3) is 0.400. The van der Waals surface area contributed by atoms with Gasteiger partial charge in [0.25, 0.3) is 10.0 Å². The molecule has 2 aromatic rings. The van der Waals surface area contributed by atoms with Gasteiger partial charge in [-0.15, -0.1) is 23.7 Å². The molecule has 2 N–H and O–H groups in total. The first-order chi connectivity index (χ1) is 10.5. The SMILES string of the molecule is Cc1nc(S(=O)(=O)NCC2NCCc3ccccc32)sc1C.Cl. The first-order valence-electron chi connectivity index (χ1n) is 7.22. The van der Waals surface area contributed by atoms with Crippen LogP contribution >= 0.6 is 23.7 Å². The summed E-state index contributed by atoms with van der Waals surface area (Å²) >= 11 is 1.21. The van der Waals surface area contributed by atoms with E-state index in [1.165, 1.54) is 22.5 Å². The second-order valence-electron chi connectivity index (χ2n) is 5.43. The molecular formula is C15H20ClN3O2S2. The number of fused-ring (bicyclic) bond motifs is 1. The zero-order valence-electron chi connectivity index (χ0n) is 13.0. The number of aromatic nitrogens is 1. The molecule has 1 aliphatic rings. The molecule has 126 valence electrons. The van der Waals surface area contributed by atoms with Gasteiger partial charge >= 0.3 is 0 Å². The maximum absolute atomic E-state index is 12.4. The van der Waals surface area contributed by atoms with Gasteiger partial charge in [-0.05, 0) is 37.9 Å². The third kappa shape index (κ3) is 3.92. The molecule has 8 heteroatoms. The molecule has 3 rings (SSSR count). The molecule has 1 aromatic carbocycles. The topological polar surface area (TPSA) is 71.1 Å². The molecule has 1 aliphatic heterocycles. The highest BCUT2D eigenvalue weighted by molar-refractivity contribution is 7.91. The van der Waals surface area contributed by atoms with Gasteiger partial charge in [-0.1, -0.05) is 24.3 Å². The number of halogens is 1. The number of nitrogens with zero attached hydrogens (tertiary/aromatic N) is 1. The summed E-state index contributed by atoms with van der Waals surface area (Å²) in [5, 5.41) is 3.37. The van der Waals surface area contributed by atoms with Crippen LogP contribution in [-0.4, -0.2) is 26.5 Å². The molecule has 5 nitrogen and oxygen atoms in total. The third-order valence-corrected chi connectivity index (χ3v) is 6.81. The minimum absolute atomic E-state index is 0. The Kier molecular flexibility index (Phi) is 5.80. The van der Waals surface area contributed by atoms with E-state index in [0.29, 0.717) is 6.54 Å². The van der Waals surface area contributed by atoms with Crippen molar-refractivity contribution in [3.63, 3.8) is 0 Å². The summed E-state index contributed by atoms with van der Waals surface area (Å²) in [6.45, 7) is 4.89. The van der Waals surface area contributed by atoms with Crippen LogP contribution in [0.25, 0.3) is 0 Å². The lowest BCUT2D eigenvalue weighted by atomic mass is 9.95. The van der Waals surface area contributed by atoms with Gasteiger partial charge in [0.1, 0.15) is 0 Å². The molecular weight excluding hydrogens is 354 g/mol. The van der Waals surface area contributed by atoms with Crippen LogP contribution in [0.3, 0.4) is 0 Å². The van der Waals surface area contributed by atoms with Gasteiger partial charge in [-0.3, -0.25) is 0 Å². The van der Waals surface area contributed by atoms with Crippen LogP contribution in [0.1, 0.15) is 27.7 Å². The van der Waals surface area contributed by atoms with Crippen LogP contribution in [0.5, 0.6) is 0 Å². The monoisotopic (exact) mass is 373 g/mol. The summed E-state index contributed by atoms with van der Waals surface area (Å²) < 4.78 is 27.6. The van der Waals surface area contributed by atoms with Crippen molar-refractivity contribution in [2.75, 3.05) is 13.1 Å². The zero-order chi connectivity index (χ0) is 15.7. The first kappa shape index (κ1) is 18.4. The smallest absolute Gasteiger partial charge is 0.267 e. The van der Waals surface area contributed by atoms with Crippen LogP contribution in [-0.2, 0) is 16.4 Å². The molecule has 0 bridgehead atoms. The van der Waals surface area contributed by atoms with Crippen LogP contribution in [0, 0.1) is 13.8 Å². The standard InChI is InChI=1S/C15H19N3O2S2.ClH/c1-10-11(2)21-15(18-10)22(19,20)17-9-14-13-6-4-3-5-12(13)7-8-16-14;/h3-6,14,16-17H,7-9H2,1-2H3;1H. The average molecular weight is 374 g/mol. The van der Waals surface area contributed by atoms with Crippen molar-refractivity contribution in [3.8, 4) is 0 Å². The summed E-state index contributed by atoms with van der Waals surface area (Å²) in [6.07, 6.45) is 0.976. The van der Waals surface area contributed by atoms with E-state index in [-0.39, 0.29) is 22.8 Å². The number of sulfonamides is 1. The van der Waals surface area contributed by atoms with Gasteiger partial charge in [0, 0.05) is 17.5 Å². The van der Waals surface area contributed by atoms with E-state index >= 15 is 0 Å². The maximum Gasteiger partial charge on any atom is 0.267 e. The van der Waals surface area contributed by atoms with E-state index < -0.39 is 10.0 Å². The fourth-order valence-corrected chi connectivity index (χ4v) is 4.98. The summed E-state index contributed by atoms with van der Waals surface area (Å²) in [5.74, 6) is 0. The molecule has 0 saturated carbocycles. The maximum atomic E-state index is 12.4. The highest BCUT2D eigenvalue weighted by atomic mass is 35.5.